The summed E-state index contributed by atoms with van der Waals surface area (Å²) in [6.07, 6.45) is 8.37. The van der Waals surface area contributed by atoms with Gasteiger partial charge in [0, 0.05) is 6.54 Å². The average Bonchev–Trinajstić information content (AvgIpc) is 2.79. The highest BCUT2D eigenvalue weighted by atomic mass is 16.5. The fourth-order valence-electron chi connectivity index (χ4n) is 3.65. The van der Waals surface area contributed by atoms with Crippen molar-refractivity contribution >= 4 is 0 Å². The van der Waals surface area contributed by atoms with Crippen molar-refractivity contribution in [2.45, 2.75) is 56.7 Å². The van der Waals surface area contributed by atoms with Crippen molar-refractivity contribution in [1.82, 2.24) is 0 Å². The molecular weight excluding hydrogens is 262 g/mol. The van der Waals surface area contributed by atoms with Gasteiger partial charge < -0.3 is 15.2 Å². The number of benzene rings is 1. The highest BCUT2D eigenvalue weighted by Crippen LogP contribution is 2.33. The molecule has 0 spiro atoms. The Morgan fingerprint density at radius 1 is 1.14 bits per heavy atom. The SMILES string of the molecule is NCC1(OCC2OCCc3ccccc32)CCCCCC1. The lowest BCUT2D eigenvalue weighted by molar-refractivity contribution is -0.103. The molecule has 1 aromatic carbocycles. The van der Waals surface area contributed by atoms with Crippen LogP contribution in [0.4, 0.5) is 0 Å². The second-order valence-electron chi connectivity index (χ2n) is 6.42. The lowest BCUT2D eigenvalue weighted by Crippen LogP contribution is -2.41. The van der Waals surface area contributed by atoms with E-state index in [0.717, 1.165) is 25.9 Å². The van der Waals surface area contributed by atoms with Crippen molar-refractivity contribution in [3.8, 4) is 0 Å². The van der Waals surface area contributed by atoms with Crippen LogP contribution in [0.2, 0.25) is 0 Å². The third-order valence-corrected chi connectivity index (χ3v) is 5.02. The Balaban J connectivity index is 1.67. The molecule has 0 amide bonds. The van der Waals surface area contributed by atoms with Gasteiger partial charge in [0.1, 0.15) is 6.10 Å². The third-order valence-electron chi connectivity index (χ3n) is 5.02. The van der Waals surface area contributed by atoms with Crippen molar-refractivity contribution in [3.63, 3.8) is 0 Å². The molecule has 0 aromatic heterocycles. The van der Waals surface area contributed by atoms with Crippen molar-refractivity contribution in [2.75, 3.05) is 19.8 Å². The van der Waals surface area contributed by atoms with E-state index in [4.69, 9.17) is 15.2 Å². The Bertz CT molecular complexity index is 452. The quantitative estimate of drug-likeness (QED) is 0.864. The summed E-state index contributed by atoms with van der Waals surface area (Å²) in [4.78, 5) is 0. The summed E-state index contributed by atoms with van der Waals surface area (Å²) < 4.78 is 12.3. The van der Waals surface area contributed by atoms with Gasteiger partial charge in [-0.15, -0.1) is 0 Å². The molecule has 21 heavy (non-hydrogen) atoms. The Kier molecular flexibility index (Phi) is 4.94. The minimum atomic E-state index is -0.119. The summed E-state index contributed by atoms with van der Waals surface area (Å²) in [6, 6.07) is 8.57. The van der Waals surface area contributed by atoms with Crippen molar-refractivity contribution in [1.29, 1.82) is 0 Å². The van der Waals surface area contributed by atoms with Crippen LogP contribution in [0.5, 0.6) is 0 Å². The van der Waals surface area contributed by atoms with E-state index in [9.17, 15) is 0 Å². The first-order valence-electron chi connectivity index (χ1n) is 8.36. The second-order valence-corrected chi connectivity index (χ2v) is 6.42. The zero-order valence-corrected chi connectivity index (χ0v) is 12.9. The molecule has 1 fully saturated rings. The maximum atomic E-state index is 6.35. The van der Waals surface area contributed by atoms with Crippen LogP contribution in [0, 0.1) is 0 Å². The monoisotopic (exact) mass is 289 g/mol. The van der Waals surface area contributed by atoms with Crippen LogP contribution >= 0.6 is 0 Å². The molecule has 0 radical (unpaired) electrons. The zero-order valence-electron chi connectivity index (χ0n) is 12.9. The van der Waals surface area contributed by atoms with Crippen LogP contribution in [-0.4, -0.2) is 25.4 Å². The number of ether oxygens (including phenoxy) is 2. The Hall–Kier alpha value is -0.900. The van der Waals surface area contributed by atoms with E-state index in [-0.39, 0.29) is 11.7 Å². The van der Waals surface area contributed by atoms with Gasteiger partial charge in [0.15, 0.2) is 0 Å². The summed E-state index contributed by atoms with van der Waals surface area (Å²) >= 11 is 0. The van der Waals surface area contributed by atoms with Gasteiger partial charge in [-0.2, -0.15) is 0 Å². The average molecular weight is 289 g/mol. The first kappa shape index (κ1) is 15.0. The van der Waals surface area contributed by atoms with Crippen LogP contribution < -0.4 is 5.73 Å². The van der Waals surface area contributed by atoms with E-state index in [0.29, 0.717) is 13.2 Å². The van der Waals surface area contributed by atoms with E-state index < -0.39 is 0 Å². The summed E-state index contributed by atoms with van der Waals surface area (Å²) in [7, 11) is 0. The molecule has 2 N–H and O–H groups in total. The lowest BCUT2D eigenvalue weighted by Gasteiger charge is -2.35. The zero-order chi connectivity index (χ0) is 14.5. The van der Waals surface area contributed by atoms with Gasteiger partial charge in [-0.05, 0) is 30.4 Å². The molecule has 1 atom stereocenters. The highest BCUT2D eigenvalue weighted by Gasteiger charge is 2.32. The molecule has 3 heteroatoms. The van der Waals surface area contributed by atoms with Crippen LogP contribution in [0.1, 0.15) is 55.8 Å². The fourth-order valence-corrected chi connectivity index (χ4v) is 3.65. The van der Waals surface area contributed by atoms with Crippen molar-refractivity contribution in [2.24, 2.45) is 5.73 Å². The Labute approximate surface area is 127 Å². The summed E-state index contributed by atoms with van der Waals surface area (Å²) in [5.41, 5.74) is 8.63. The molecule has 1 aliphatic heterocycles. The maximum Gasteiger partial charge on any atom is 0.106 e. The maximum absolute atomic E-state index is 6.35. The van der Waals surface area contributed by atoms with E-state index in [1.807, 2.05) is 0 Å². The molecule has 2 aliphatic rings. The minimum absolute atomic E-state index is 0.0710. The number of hydrogen-bond donors (Lipinski definition) is 1. The lowest BCUT2D eigenvalue weighted by atomic mass is 9.93. The molecule has 1 aromatic rings. The van der Waals surface area contributed by atoms with Crippen LogP contribution in [0.3, 0.4) is 0 Å². The van der Waals surface area contributed by atoms with Crippen molar-refractivity contribution in [3.05, 3.63) is 35.4 Å². The Morgan fingerprint density at radius 2 is 1.90 bits per heavy atom. The fraction of sp³-hybridized carbons (Fsp3) is 0.667. The van der Waals surface area contributed by atoms with Gasteiger partial charge in [-0.3, -0.25) is 0 Å². The molecule has 1 heterocycles. The number of fused-ring (bicyclic) bond motifs is 1. The second kappa shape index (κ2) is 6.91. The Morgan fingerprint density at radius 3 is 2.67 bits per heavy atom. The van der Waals surface area contributed by atoms with Gasteiger partial charge in [0.25, 0.3) is 0 Å². The van der Waals surface area contributed by atoms with Crippen LogP contribution in [0.15, 0.2) is 24.3 Å². The molecule has 1 unspecified atom stereocenters. The van der Waals surface area contributed by atoms with Gasteiger partial charge in [-0.1, -0.05) is 49.9 Å². The third kappa shape index (κ3) is 3.47. The topological polar surface area (TPSA) is 44.5 Å². The van der Waals surface area contributed by atoms with E-state index in [1.54, 1.807) is 0 Å². The number of hydrogen-bond acceptors (Lipinski definition) is 3. The predicted molar refractivity (Wildman–Crippen MR) is 84.3 cm³/mol. The van der Waals surface area contributed by atoms with Gasteiger partial charge in [0.2, 0.25) is 0 Å². The van der Waals surface area contributed by atoms with E-state index >= 15 is 0 Å². The highest BCUT2D eigenvalue weighted by molar-refractivity contribution is 5.30. The molecule has 3 nitrogen and oxygen atoms in total. The molecule has 116 valence electrons. The molecule has 0 bridgehead atoms. The molecule has 3 rings (SSSR count). The largest absolute Gasteiger partial charge is 0.371 e. The van der Waals surface area contributed by atoms with Gasteiger partial charge in [-0.25, -0.2) is 0 Å². The summed E-state index contributed by atoms with van der Waals surface area (Å²) in [5, 5.41) is 0. The normalized spacial score (nSPS) is 25.1. The first-order chi connectivity index (χ1) is 10.3. The van der Waals surface area contributed by atoms with Gasteiger partial charge >= 0.3 is 0 Å². The van der Waals surface area contributed by atoms with Crippen LogP contribution in [-0.2, 0) is 15.9 Å². The predicted octanol–water partition coefficient (Wildman–Crippen LogP) is 3.37. The summed E-state index contributed by atoms with van der Waals surface area (Å²) in [6.45, 7) is 2.05. The standard InChI is InChI=1S/C18H27NO2/c19-14-18(10-5-1-2-6-11-18)21-13-17-16-8-4-3-7-15(16)9-12-20-17/h3-4,7-8,17H,1-2,5-6,9-14,19H2. The smallest absolute Gasteiger partial charge is 0.106 e. The van der Waals surface area contributed by atoms with Crippen molar-refractivity contribution < 1.29 is 9.47 Å². The van der Waals surface area contributed by atoms with E-state index in [2.05, 4.69) is 24.3 Å². The molecule has 1 saturated carbocycles. The van der Waals surface area contributed by atoms with Gasteiger partial charge in [0.05, 0.1) is 18.8 Å². The van der Waals surface area contributed by atoms with E-state index in [1.165, 1.54) is 36.8 Å². The number of nitrogens with two attached hydrogens (primary N) is 1. The summed E-state index contributed by atoms with van der Waals surface area (Å²) in [5.74, 6) is 0. The van der Waals surface area contributed by atoms with Crippen LogP contribution in [0.25, 0.3) is 0 Å². The molecule has 1 aliphatic carbocycles. The number of rotatable bonds is 4. The first-order valence-corrected chi connectivity index (χ1v) is 8.36. The molecule has 0 saturated heterocycles. The minimum Gasteiger partial charge on any atom is -0.371 e. The molecular formula is C18H27NO2.